The molecule has 4 nitrogen and oxygen atoms in total. The summed E-state index contributed by atoms with van der Waals surface area (Å²) in [5, 5.41) is 16.8. The third-order valence-electron chi connectivity index (χ3n) is 2.57. The molecule has 1 heterocycles. The van der Waals surface area contributed by atoms with E-state index in [9.17, 15) is 13.9 Å². The summed E-state index contributed by atoms with van der Waals surface area (Å²) in [6, 6.07) is 3.14. The second-order valence-electron chi connectivity index (χ2n) is 4.27. The lowest BCUT2D eigenvalue weighted by atomic mass is 10.1. The minimum absolute atomic E-state index is 0.0217. The number of halogens is 2. The fraction of sp³-hybridized carbons (Fsp3) is 0.333. The second kappa shape index (κ2) is 4.81. The van der Waals surface area contributed by atoms with Crippen molar-refractivity contribution in [3.63, 3.8) is 0 Å². The van der Waals surface area contributed by atoms with Crippen LogP contribution in [0, 0.1) is 11.6 Å². The van der Waals surface area contributed by atoms with E-state index in [-0.39, 0.29) is 18.2 Å². The Morgan fingerprint density at radius 2 is 1.83 bits per heavy atom. The Labute approximate surface area is 103 Å². The van der Waals surface area contributed by atoms with E-state index in [0.29, 0.717) is 11.4 Å². The van der Waals surface area contributed by atoms with Crippen LogP contribution in [0.2, 0.25) is 0 Å². The van der Waals surface area contributed by atoms with Crippen molar-refractivity contribution in [3.05, 3.63) is 41.2 Å². The average molecular weight is 253 g/mol. The summed E-state index contributed by atoms with van der Waals surface area (Å²) in [6.07, 6.45) is 0. The van der Waals surface area contributed by atoms with Crippen molar-refractivity contribution >= 4 is 0 Å². The molecule has 0 atom stereocenters. The Morgan fingerprint density at radius 3 is 2.33 bits per heavy atom. The van der Waals surface area contributed by atoms with Gasteiger partial charge in [-0.1, -0.05) is 19.1 Å². The highest BCUT2D eigenvalue weighted by atomic mass is 19.1. The Bertz CT molecular complexity index is 546. The van der Waals surface area contributed by atoms with Crippen molar-refractivity contribution in [3.8, 4) is 5.69 Å². The standard InChI is InChI=1S/C12H13F2N3O/c1-7(2)12-11(6-18)15-16-17(12)10-4-8(13)3-9(14)5-10/h3-5,7,18H,6H2,1-2H3. The number of hydrogen-bond donors (Lipinski definition) is 1. The summed E-state index contributed by atoms with van der Waals surface area (Å²) in [5.74, 6) is -1.34. The molecule has 1 aromatic heterocycles. The molecule has 0 spiro atoms. The van der Waals surface area contributed by atoms with Crippen LogP contribution in [0.4, 0.5) is 8.78 Å². The largest absolute Gasteiger partial charge is 0.390 e. The van der Waals surface area contributed by atoms with Gasteiger partial charge in [0.2, 0.25) is 0 Å². The van der Waals surface area contributed by atoms with Gasteiger partial charge in [-0.3, -0.25) is 0 Å². The smallest absolute Gasteiger partial charge is 0.128 e. The van der Waals surface area contributed by atoms with Crippen LogP contribution >= 0.6 is 0 Å². The fourth-order valence-electron chi connectivity index (χ4n) is 1.86. The lowest BCUT2D eigenvalue weighted by Gasteiger charge is -2.10. The van der Waals surface area contributed by atoms with Gasteiger partial charge < -0.3 is 5.11 Å². The first-order valence-electron chi connectivity index (χ1n) is 5.54. The molecular weight excluding hydrogens is 240 g/mol. The SMILES string of the molecule is CC(C)c1c(CO)nnn1-c1cc(F)cc(F)c1. The van der Waals surface area contributed by atoms with Gasteiger partial charge in [-0.05, 0) is 18.1 Å². The number of benzene rings is 1. The minimum atomic E-state index is -0.680. The zero-order chi connectivity index (χ0) is 13.3. The number of aliphatic hydroxyl groups excluding tert-OH is 1. The van der Waals surface area contributed by atoms with E-state index >= 15 is 0 Å². The molecule has 0 amide bonds. The molecule has 1 aromatic carbocycles. The Balaban J connectivity index is 2.60. The topological polar surface area (TPSA) is 50.9 Å². The third kappa shape index (κ3) is 2.24. The van der Waals surface area contributed by atoms with Crippen molar-refractivity contribution in [2.75, 3.05) is 0 Å². The molecule has 2 rings (SSSR count). The number of aromatic nitrogens is 3. The van der Waals surface area contributed by atoms with E-state index in [1.807, 2.05) is 13.8 Å². The summed E-state index contributed by atoms with van der Waals surface area (Å²) >= 11 is 0. The maximum absolute atomic E-state index is 13.2. The summed E-state index contributed by atoms with van der Waals surface area (Å²) < 4.78 is 27.7. The van der Waals surface area contributed by atoms with Gasteiger partial charge in [0.05, 0.1) is 18.0 Å². The van der Waals surface area contributed by atoms with E-state index in [2.05, 4.69) is 10.3 Å². The monoisotopic (exact) mass is 253 g/mol. The predicted octanol–water partition coefficient (Wildman–Crippen LogP) is 2.16. The molecule has 0 radical (unpaired) electrons. The van der Waals surface area contributed by atoms with Crippen LogP contribution < -0.4 is 0 Å². The highest BCUT2D eigenvalue weighted by Gasteiger charge is 2.17. The Hall–Kier alpha value is -1.82. The highest BCUT2D eigenvalue weighted by Crippen LogP contribution is 2.22. The second-order valence-corrected chi connectivity index (χ2v) is 4.27. The first-order valence-corrected chi connectivity index (χ1v) is 5.54. The van der Waals surface area contributed by atoms with Gasteiger partial charge >= 0.3 is 0 Å². The molecular formula is C12H13F2N3O. The van der Waals surface area contributed by atoms with Crippen molar-refractivity contribution in [2.45, 2.75) is 26.4 Å². The summed E-state index contributed by atoms with van der Waals surface area (Å²) in [6.45, 7) is 3.53. The molecule has 0 unspecified atom stereocenters. The molecule has 18 heavy (non-hydrogen) atoms. The van der Waals surface area contributed by atoms with Gasteiger partial charge in [0.15, 0.2) is 0 Å². The van der Waals surface area contributed by atoms with Gasteiger partial charge in [-0.15, -0.1) is 5.10 Å². The molecule has 0 saturated carbocycles. The molecule has 2 aromatic rings. The van der Waals surface area contributed by atoms with Gasteiger partial charge in [0.25, 0.3) is 0 Å². The zero-order valence-electron chi connectivity index (χ0n) is 10.1. The van der Waals surface area contributed by atoms with E-state index in [1.54, 1.807) is 0 Å². The van der Waals surface area contributed by atoms with Crippen LogP contribution in [0.15, 0.2) is 18.2 Å². The van der Waals surface area contributed by atoms with E-state index in [1.165, 1.54) is 16.8 Å². The average Bonchev–Trinajstić information content (AvgIpc) is 2.71. The first-order chi connectivity index (χ1) is 8.52. The van der Waals surface area contributed by atoms with Gasteiger partial charge in [0, 0.05) is 6.07 Å². The highest BCUT2D eigenvalue weighted by molar-refractivity contribution is 5.35. The van der Waals surface area contributed by atoms with E-state index in [0.717, 1.165) is 6.07 Å². The predicted molar refractivity (Wildman–Crippen MR) is 61.3 cm³/mol. The molecule has 0 fully saturated rings. The van der Waals surface area contributed by atoms with Gasteiger partial charge in [-0.25, -0.2) is 13.5 Å². The molecule has 0 bridgehead atoms. The van der Waals surface area contributed by atoms with E-state index in [4.69, 9.17) is 0 Å². The summed E-state index contributed by atoms with van der Waals surface area (Å²) in [5.41, 5.74) is 1.31. The number of nitrogens with zero attached hydrogens (tertiary/aromatic N) is 3. The molecule has 0 aliphatic rings. The van der Waals surface area contributed by atoms with Crippen LogP contribution in [0.1, 0.15) is 31.2 Å². The quantitative estimate of drug-likeness (QED) is 0.912. The zero-order valence-corrected chi connectivity index (χ0v) is 10.1. The fourth-order valence-corrected chi connectivity index (χ4v) is 1.86. The number of rotatable bonds is 3. The maximum Gasteiger partial charge on any atom is 0.128 e. The van der Waals surface area contributed by atoms with Crippen LogP contribution in [-0.4, -0.2) is 20.1 Å². The van der Waals surface area contributed by atoms with Crippen molar-refractivity contribution in [1.29, 1.82) is 0 Å². The lowest BCUT2D eigenvalue weighted by molar-refractivity contribution is 0.275. The lowest BCUT2D eigenvalue weighted by Crippen LogP contribution is -2.06. The minimum Gasteiger partial charge on any atom is -0.390 e. The van der Waals surface area contributed by atoms with Crippen LogP contribution in [0.25, 0.3) is 5.69 Å². The Morgan fingerprint density at radius 1 is 1.22 bits per heavy atom. The molecule has 1 N–H and O–H groups in total. The van der Waals surface area contributed by atoms with Crippen molar-refractivity contribution in [2.24, 2.45) is 0 Å². The number of hydrogen-bond acceptors (Lipinski definition) is 3. The van der Waals surface area contributed by atoms with Gasteiger partial charge in [-0.2, -0.15) is 0 Å². The van der Waals surface area contributed by atoms with Crippen molar-refractivity contribution in [1.82, 2.24) is 15.0 Å². The maximum atomic E-state index is 13.2. The Kier molecular flexibility index (Phi) is 3.38. The van der Waals surface area contributed by atoms with Gasteiger partial charge in [0.1, 0.15) is 17.3 Å². The molecule has 96 valence electrons. The molecule has 0 aliphatic carbocycles. The molecule has 0 saturated heterocycles. The van der Waals surface area contributed by atoms with Crippen LogP contribution in [0.5, 0.6) is 0 Å². The summed E-state index contributed by atoms with van der Waals surface area (Å²) in [7, 11) is 0. The normalized spacial score (nSPS) is 11.2. The number of aliphatic hydroxyl groups is 1. The van der Waals surface area contributed by atoms with E-state index < -0.39 is 11.6 Å². The van der Waals surface area contributed by atoms with Crippen LogP contribution in [-0.2, 0) is 6.61 Å². The van der Waals surface area contributed by atoms with Crippen LogP contribution in [0.3, 0.4) is 0 Å². The molecule has 0 aliphatic heterocycles. The first kappa shape index (κ1) is 12.6. The third-order valence-corrected chi connectivity index (χ3v) is 2.57. The van der Waals surface area contributed by atoms with Crippen molar-refractivity contribution < 1.29 is 13.9 Å². The summed E-state index contributed by atoms with van der Waals surface area (Å²) in [4.78, 5) is 0. The molecule has 6 heteroatoms.